The lowest BCUT2D eigenvalue weighted by Crippen LogP contribution is -2.32. The molecule has 0 saturated carbocycles. The van der Waals surface area contributed by atoms with Gasteiger partial charge < -0.3 is 34.9 Å². The van der Waals surface area contributed by atoms with Crippen molar-refractivity contribution >= 4 is 37.2 Å². The van der Waals surface area contributed by atoms with Crippen molar-refractivity contribution in [1.29, 1.82) is 0 Å². The molecule has 32 heavy (non-hydrogen) atoms. The third kappa shape index (κ3) is 10.8. The van der Waals surface area contributed by atoms with Crippen LogP contribution in [0.5, 0.6) is 23.0 Å². The van der Waals surface area contributed by atoms with Crippen LogP contribution in [-0.2, 0) is 13.1 Å². The van der Waals surface area contributed by atoms with Gasteiger partial charge in [0.05, 0.1) is 28.4 Å². The number of hydrogen-bond donors (Lipinski definition) is 3. The summed E-state index contributed by atoms with van der Waals surface area (Å²) in [6.45, 7) is 5.05. The van der Waals surface area contributed by atoms with Gasteiger partial charge in [-0.05, 0) is 12.1 Å². The van der Waals surface area contributed by atoms with Crippen LogP contribution in [0.1, 0.15) is 11.1 Å². The lowest BCUT2D eigenvalue weighted by molar-refractivity contribution is 0.389. The van der Waals surface area contributed by atoms with Gasteiger partial charge in [-0.3, -0.25) is 0 Å². The first kappa shape index (κ1) is 32.6. The highest BCUT2D eigenvalue weighted by Gasteiger charge is 2.05. The molecule has 0 saturated heterocycles. The zero-order valence-electron chi connectivity index (χ0n) is 19.1. The average molecular weight is 513 g/mol. The van der Waals surface area contributed by atoms with Crippen molar-refractivity contribution in [2.24, 2.45) is 0 Å². The van der Waals surface area contributed by atoms with Gasteiger partial charge in [0.15, 0.2) is 0 Å². The third-order valence-corrected chi connectivity index (χ3v) is 4.58. The summed E-state index contributed by atoms with van der Waals surface area (Å²) in [5.74, 6) is 3.27. The van der Waals surface area contributed by atoms with Crippen molar-refractivity contribution in [3.05, 3.63) is 47.5 Å². The molecule has 2 aromatic rings. The molecule has 2 rings (SSSR count). The average Bonchev–Trinajstić information content (AvgIpc) is 2.77. The molecule has 2 aromatic carbocycles. The lowest BCUT2D eigenvalue weighted by Gasteiger charge is -2.12. The van der Waals surface area contributed by atoms with Crippen LogP contribution >= 0.6 is 37.2 Å². The number of benzene rings is 2. The van der Waals surface area contributed by atoms with Gasteiger partial charge in [-0.1, -0.05) is 12.1 Å². The van der Waals surface area contributed by atoms with Crippen LogP contribution < -0.4 is 34.9 Å². The summed E-state index contributed by atoms with van der Waals surface area (Å²) in [5, 5.41) is 10.3. The van der Waals surface area contributed by atoms with Crippen molar-refractivity contribution in [1.82, 2.24) is 16.0 Å². The highest BCUT2D eigenvalue weighted by molar-refractivity contribution is 5.86. The van der Waals surface area contributed by atoms with E-state index in [0.29, 0.717) is 0 Å². The van der Waals surface area contributed by atoms with E-state index in [-0.39, 0.29) is 37.2 Å². The van der Waals surface area contributed by atoms with Crippen LogP contribution in [0.15, 0.2) is 36.4 Å². The Morgan fingerprint density at radius 2 is 0.906 bits per heavy atom. The number of halogens is 3. The van der Waals surface area contributed by atoms with E-state index in [4.69, 9.17) is 18.9 Å². The monoisotopic (exact) mass is 511 g/mol. The van der Waals surface area contributed by atoms with Gasteiger partial charge >= 0.3 is 0 Å². The van der Waals surface area contributed by atoms with E-state index in [1.165, 1.54) is 0 Å². The van der Waals surface area contributed by atoms with Crippen molar-refractivity contribution in [3.8, 4) is 23.0 Å². The van der Waals surface area contributed by atoms with E-state index in [0.717, 1.165) is 73.4 Å². The number of nitrogens with one attached hydrogen (secondary N) is 3. The summed E-state index contributed by atoms with van der Waals surface area (Å²) in [4.78, 5) is 0. The Morgan fingerprint density at radius 3 is 1.25 bits per heavy atom. The SMILES string of the molecule is COc1ccc(CNCCNCCNCc2ccc(OC)cc2OC)c(OC)c1.Cl.Cl.Cl. The van der Waals surface area contributed by atoms with Crippen LogP contribution in [0.3, 0.4) is 0 Å². The fraction of sp³-hybridized carbons (Fsp3) is 0.455. The van der Waals surface area contributed by atoms with Gasteiger partial charge in [-0.2, -0.15) is 0 Å². The quantitative estimate of drug-likeness (QED) is 0.335. The normalized spacial score (nSPS) is 9.62. The Labute approximate surface area is 210 Å². The Bertz CT molecular complexity index is 693. The summed E-state index contributed by atoms with van der Waals surface area (Å²) in [6, 6.07) is 11.7. The molecular weight excluding hydrogens is 477 g/mol. The molecule has 0 spiro atoms. The topological polar surface area (TPSA) is 73.0 Å². The fourth-order valence-electron chi connectivity index (χ4n) is 2.92. The van der Waals surface area contributed by atoms with Crippen LogP contribution in [0.4, 0.5) is 0 Å². The van der Waals surface area contributed by atoms with E-state index >= 15 is 0 Å². The van der Waals surface area contributed by atoms with E-state index < -0.39 is 0 Å². The molecule has 0 aromatic heterocycles. The van der Waals surface area contributed by atoms with Crippen molar-refractivity contribution in [2.75, 3.05) is 54.6 Å². The van der Waals surface area contributed by atoms with Crippen LogP contribution in [0.2, 0.25) is 0 Å². The molecule has 0 heterocycles. The summed E-state index contributed by atoms with van der Waals surface area (Å²) < 4.78 is 21.3. The first-order valence-electron chi connectivity index (χ1n) is 9.75. The maximum Gasteiger partial charge on any atom is 0.127 e. The maximum absolute atomic E-state index is 5.42. The van der Waals surface area contributed by atoms with E-state index in [2.05, 4.69) is 16.0 Å². The Balaban J connectivity index is 0. The standard InChI is InChI=1S/C22H33N3O4.3ClH/c1-26-19-7-5-17(21(13-19)28-3)15-24-11-9-23-10-12-25-16-18-6-8-20(27-2)14-22(18)29-4;;;/h5-8,13-14,23-25H,9-12,15-16H2,1-4H3;3*1H. The highest BCUT2D eigenvalue weighted by Crippen LogP contribution is 2.25. The number of rotatable bonds is 14. The molecule has 0 aliphatic carbocycles. The molecule has 0 atom stereocenters. The molecule has 10 heteroatoms. The number of ether oxygens (including phenoxy) is 4. The van der Waals surface area contributed by atoms with Crippen molar-refractivity contribution in [3.63, 3.8) is 0 Å². The van der Waals surface area contributed by atoms with Crippen molar-refractivity contribution < 1.29 is 18.9 Å². The Morgan fingerprint density at radius 1 is 0.531 bits per heavy atom. The van der Waals surface area contributed by atoms with Gasteiger partial charge in [0.2, 0.25) is 0 Å². The molecule has 0 fully saturated rings. The second-order valence-electron chi connectivity index (χ2n) is 6.46. The first-order valence-corrected chi connectivity index (χ1v) is 9.75. The summed E-state index contributed by atoms with van der Waals surface area (Å²) >= 11 is 0. The van der Waals surface area contributed by atoms with Crippen LogP contribution in [0.25, 0.3) is 0 Å². The fourth-order valence-corrected chi connectivity index (χ4v) is 2.92. The Kier molecular flexibility index (Phi) is 19.2. The molecule has 0 radical (unpaired) electrons. The minimum Gasteiger partial charge on any atom is -0.497 e. The lowest BCUT2D eigenvalue weighted by atomic mass is 10.2. The highest BCUT2D eigenvalue weighted by atomic mass is 35.5. The largest absolute Gasteiger partial charge is 0.497 e. The minimum absolute atomic E-state index is 0. The molecule has 0 unspecified atom stereocenters. The van der Waals surface area contributed by atoms with Gasteiger partial charge in [0, 0.05) is 62.5 Å². The van der Waals surface area contributed by atoms with E-state index in [1.807, 2.05) is 36.4 Å². The van der Waals surface area contributed by atoms with Gasteiger partial charge in [-0.15, -0.1) is 37.2 Å². The zero-order chi connectivity index (χ0) is 20.9. The van der Waals surface area contributed by atoms with Crippen LogP contribution in [0, 0.1) is 0 Å². The molecule has 3 N–H and O–H groups in total. The third-order valence-electron chi connectivity index (χ3n) is 4.58. The van der Waals surface area contributed by atoms with Gasteiger partial charge in [0.1, 0.15) is 23.0 Å². The molecule has 0 bridgehead atoms. The predicted octanol–water partition coefficient (Wildman–Crippen LogP) is 3.46. The minimum atomic E-state index is 0. The molecule has 184 valence electrons. The zero-order valence-corrected chi connectivity index (χ0v) is 21.5. The summed E-state index contributed by atoms with van der Waals surface area (Å²) in [5.41, 5.74) is 2.23. The van der Waals surface area contributed by atoms with Crippen molar-refractivity contribution in [2.45, 2.75) is 13.1 Å². The maximum atomic E-state index is 5.42. The number of hydrogen-bond acceptors (Lipinski definition) is 7. The van der Waals surface area contributed by atoms with E-state index in [9.17, 15) is 0 Å². The summed E-state index contributed by atoms with van der Waals surface area (Å²) in [6.07, 6.45) is 0. The smallest absolute Gasteiger partial charge is 0.127 e. The molecule has 0 amide bonds. The predicted molar refractivity (Wildman–Crippen MR) is 137 cm³/mol. The molecular formula is C22H36Cl3N3O4. The molecule has 0 aliphatic rings. The second kappa shape index (κ2) is 18.9. The van der Waals surface area contributed by atoms with Crippen LogP contribution in [-0.4, -0.2) is 54.6 Å². The molecule has 7 nitrogen and oxygen atoms in total. The van der Waals surface area contributed by atoms with E-state index in [1.54, 1.807) is 28.4 Å². The Hall–Kier alpha value is -1.61. The molecule has 0 aliphatic heterocycles. The van der Waals surface area contributed by atoms with Gasteiger partial charge in [0.25, 0.3) is 0 Å². The number of methoxy groups -OCH3 is 4. The first-order chi connectivity index (χ1) is 14.2. The summed E-state index contributed by atoms with van der Waals surface area (Å²) in [7, 11) is 6.66. The van der Waals surface area contributed by atoms with Gasteiger partial charge in [-0.25, -0.2) is 0 Å². The second-order valence-corrected chi connectivity index (χ2v) is 6.46.